The van der Waals surface area contributed by atoms with E-state index in [0.717, 1.165) is 11.9 Å². The average molecular weight is 463 g/mol. The van der Waals surface area contributed by atoms with Gasteiger partial charge in [0, 0.05) is 30.9 Å². The molecule has 0 fully saturated rings. The van der Waals surface area contributed by atoms with E-state index in [9.17, 15) is 10.1 Å². The zero-order valence-electron chi connectivity index (χ0n) is 19.3. The maximum atomic E-state index is 11.8. The molecule has 0 saturated heterocycles. The predicted molar refractivity (Wildman–Crippen MR) is 130 cm³/mol. The van der Waals surface area contributed by atoms with Gasteiger partial charge in [-0.15, -0.1) is 0 Å². The highest BCUT2D eigenvalue weighted by Crippen LogP contribution is 2.41. The molecular formula is C23H25N7O4. The minimum Gasteiger partial charge on any atom is -0.494 e. The molecule has 0 aliphatic heterocycles. The van der Waals surface area contributed by atoms with E-state index in [1.807, 2.05) is 43.3 Å². The number of nitrogens with zero attached hydrogens (tertiary/aromatic N) is 5. The van der Waals surface area contributed by atoms with Crippen molar-refractivity contribution >= 4 is 34.0 Å². The first-order chi connectivity index (χ1) is 16.4. The molecule has 11 heteroatoms. The zero-order chi connectivity index (χ0) is 24.2. The fraction of sp³-hybridized carbons (Fsp3) is 0.261. The maximum absolute atomic E-state index is 11.8. The van der Waals surface area contributed by atoms with E-state index in [1.165, 1.54) is 13.2 Å². The maximum Gasteiger partial charge on any atom is 0.294 e. The first-order valence-electron chi connectivity index (χ1n) is 10.6. The Labute approximate surface area is 195 Å². The van der Waals surface area contributed by atoms with Gasteiger partial charge in [0.2, 0.25) is 5.95 Å². The fourth-order valence-corrected chi connectivity index (χ4v) is 3.65. The smallest absolute Gasteiger partial charge is 0.294 e. The lowest BCUT2D eigenvalue weighted by Crippen LogP contribution is -2.21. The van der Waals surface area contributed by atoms with Crippen LogP contribution in [0.4, 0.5) is 23.0 Å². The molecule has 0 spiro atoms. The normalized spacial score (nSPS) is 11.1. The molecule has 4 rings (SSSR count). The molecule has 0 unspecified atom stereocenters. The van der Waals surface area contributed by atoms with Gasteiger partial charge in [-0.2, -0.15) is 0 Å². The predicted octanol–water partition coefficient (Wildman–Crippen LogP) is 4.23. The molecule has 0 bridgehead atoms. The highest BCUT2D eigenvalue weighted by molar-refractivity contribution is 5.90. The highest BCUT2D eigenvalue weighted by Gasteiger charge is 2.24. The summed E-state index contributed by atoms with van der Waals surface area (Å²) in [6, 6.07) is 10.6. The van der Waals surface area contributed by atoms with Gasteiger partial charge in [-0.25, -0.2) is 9.97 Å². The van der Waals surface area contributed by atoms with Crippen molar-refractivity contribution in [3.8, 4) is 17.1 Å². The number of fused-ring (bicyclic) bond motifs is 1. The van der Waals surface area contributed by atoms with Crippen LogP contribution in [0.2, 0.25) is 0 Å². The van der Waals surface area contributed by atoms with Crippen molar-refractivity contribution in [1.29, 1.82) is 0 Å². The lowest BCUT2D eigenvalue weighted by Gasteiger charge is -2.18. The third-order valence-electron chi connectivity index (χ3n) is 5.28. The van der Waals surface area contributed by atoms with Crippen molar-refractivity contribution in [2.75, 3.05) is 44.9 Å². The first-order valence-corrected chi connectivity index (χ1v) is 10.6. The lowest BCUT2D eigenvalue weighted by molar-refractivity contribution is -0.383. The Bertz CT molecular complexity index is 1340. The highest BCUT2D eigenvalue weighted by atomic mass is 16.6. The molecule has 0 aliphatic carbocycles. The fourth-order valence-electron chi connectivity index (χ4n) is 3.65. The number of nitro groups is 1. The minimum atomic E-state index is -0.422. The SMILES string of the molecule is COc1c(Nc2nccc(-c3noc4ccccc34)n2)cc([N+](=O)[O-])c(NCCN(C)C)c1C. The van der Waals surface area contributed by atoms with Crippen LogP contribution in [0.5, 0.6) is 5.75 Å². The van der Waals surface area contributed by atoms with Gasteiger partial charge in [-0.1, -0.05) is 17.3 Å². The number of hydrogen-bond acceptors (Lipinski definition) is 10. The molecule has 34 heavy (non-hydrogen) atoms. The van der Waals surface area contributed by atoms with E-state index in [0.29, 0.717) is 46.2 Å². The molecule has 0 aliphatic rings. The number of methoxy groups -OCH3 is 1. The number of benzene rings is 2. The Morgan fingerprint density at radius 3 is 2.76 bits per heavy atom. The van der Waals surface area contributed by atoms with Crippen LogP contribution >= 0.6 is 0 Å². The third kappa shape index (κ3) is 4.59. The number of anilines is 3. The molecule has 2 N–H and O–H groups in total. The third-order valence-corrected chi connectivity index (χ3v) is 5.28. The summed E-state index contributed by atoms with van der Waals surface area (Å²) in [7, 11) is 5.39. The van der Waals surface area contributed by atoms with Crippen LogP contribution in [0.15, 0.2) is 47.1 Å². The summed E-state index contributed by atoms with van der Waals surface area (Å²) in [5, 5.41) is 23.0. The lowest BCUT2D eigenvalue weighted by atomic mass is 10.1. The molecule has 4 aromatic rings. The Kier molecular flexibility index (Phi) is 6.55. The monoisotopic (exact) mass is 463 g/mol. The van der Waals surface area contributed by atoms with Crippen LogP contribution in [0.1, 0.15) is 5.56 Å². The molecule has 0 saturated carbocycles. The number of para-hydroxylation sites is 1. The van der Waals surface area contributed by atoms with Crippen molar-refractivity contribution in [1.82, 2.24) is 20.0 Å². The van der Waals surface area contributed by atoms with Crippen molar-refractivity contribution in [3.63, 3.8) is 0 Å². The van der Waals surface area contributed by atoms with Crippen LogP contribution in [-0.4, -0.2) is 59.2 Å². The van der Waals surface area contributed by atoms with E-state index in [-0.39, 0.29) is 11.6 Å². The van der Waals surface area contributed by atoms with E-state index >= 15 is 0 Å². The topological polar surface area (TPSA) is 131 Å². The quantitative estimate of drug-likeness (QED) is 0.274. The number of rotatable bonds is 9. The number of likely N-dealkylation sites (N-methyl/N-ethyl adjacent to an activating group) is 1. The Morgan fingerprint density at radius 1 is 1.24 bits per heavy atom. The largest absolute Gasteiger partial charge is 0.494 e. The van der Waals surface area contributed by atoms with Crippen molar-refractivity contribution in [3.05, 3.63) is 58.3 Å². The van der Waals surface area contributed by atoms with E-state index in [1.54, 1.807) is 19.2 Å². The summed E-state index contributed by atoms with van der Waals surface area (Å²) >= 11 is 0. The molecule has 176 valence electrons. The van der Waals surface area contributed by atoms with Gasteiger partial charge >= 0.3 is 0 Å². The van der Waals surface area contributed by atoms with Crippen molar-refractivity contribution < 1.29 is 14.2 Å². The number of hydrogen-bond donors (Lipinski definition) is 2. The number of ether oxygens (including phenoxy) is 1. The molecule has 0 radical (unpaired) electrons. The summed E-state index contributed by atoms with van der Waals surface area (Å²) in [5.74, 6) is 0.698. The van der Waals surface area contributed by atoms with Crippen LogP contribution < -0.4 is 15.4 Å². The zero-order valence-corrected chi connectivity index (χ0v) is 19.3. The molecular weight excluding hydrogens is 438 g/mol. The number of nitrogens with one attached hydrogen (secondary N) is 2. The molecule has 11 nitrogen and oxygen atoms in total. The van der Waals surface area contributed by atoms with Crippen LogP contribution in [0, 0.1) is 17.0 Å². The standard InChI is InChI=1S/C23H25N7O4/c1-14-20(24-11-12-29(2)3)18(30(31)32)13-17(22(14)33-4)27-23-25-10-9-16(26-23)21-15-7-5-6-8-19(15)34-28-21/h5-10,13,24H,11-12H2,1-4H3,(H,25,26,27). The molecule has 0 amide bonds. The van der Waals surface area contributed by atoms with Gasteiger partial charge in [0.05, 0.1) is 28.8 Å². The van der Waals surface area contributed by atoms with Gasteiger partial charge in [0.15, 0.2) is 5.58 Å². The van der Waals surface area contributed by atoms with Crippen LogP contribution in [0.25, 0.3) is 22.4 Å². The van der Waals surface area contributed by atoms with Gasteiger partial charge in [0.25, 0.3) is 5.69 Å². The summed E-state index contributed by atoms with van der Waals surface area (Å²) in [4.78, 5) is 22.2. The van der Waals surface area contributed by atoms with Gasteiger partial charge in [-0.3, -0.25) is 10.1 Å². The second kappa shape index (κ2) is 9.71. The van der Waals surface area contributed by atoms with Gasteiger partial charge in [-0.05, 0) is 39.2 Å². The molecule has 2 aromatic carbocycles. The Hall–Kier alpha value is -4.25. The summed E-state index contributed by atoms with van der Waals surface area (Å²) < 4.78 is 11.0. The number of nitro benzene ring substituents is 1. The molecule has 0 atom stereocenters. The van der Waals surface area contributed by atoms with Gasteiger partial charge < -0.3 is 24.8 Å². The van der Waals surface area contributed by atoms with Crippen molar-refractivity contribution in [2.24, 2.45) is 0 Å². The Balaban J connectivity index is 1.70. The van der Waals surface area contributed by atoms with Gasteiger partial charge in [0.1, 0.15) is 17.1 Å². The van der Waals surface area contributed by atoms with E-state index < -0.39 is 4.92 Å². The Morgan fingerprint density at radius 2 is 2.03 bits per heavy atom. The summed E-state index contributed by atoms with van der Waals surface area (Å²) in [5.41, 5.74) is 3.11. The van der Waals surface area contributed by atoms with Crippen LogP contribution in [0.3, 0.4) is 0 Å². The average Bonchev–Trinajstić information content (AvgIpc) is 3.24. The van der Waals surface area contributed by atoms with Crippen LogP contribution in [-0.2, 0) is 0 Å². The van der Waals surface area contributed by atoms with E-state index in [2.05, 4.69) is 25.8 Å². The minimum absolute atomic E-state index is 0.0711. The summed E-state index contributed by atoms with van der Waals surface area (Å²) in [6.07, 6.45) is 1.58. The molecule has 2 aromatic heterocycles. The second-order valence-corrected chi connectivity index (χ2v) is 7.88. The summed E-state index contributed by atoms with van der Waals surface area (Å²) in [6.45, 7) is 3.03. The second-order valence-electron chi connectivity index (χ2n) is 7.88. The van der Waals surface area contributed by atoms with E-state index in [4.69, 9.17) is 9.26 Å². The molecule has 2 heterocycles. The first kappa shape index (κ1) is 22.9. The van der Waals surface area contributed by atoms with Crippen molar-refractivity contribution in [2.45, 2.75) is 6.92 Å². The number of aromatic nitrogens is 3.